The van der Waals surface area contributed by atoms with Crippen molar-refractivity contribution in [3.8, 4) is 5.75 Å². The number of hydrogen-bond acceptors (Lipinski definition) is 4. The Bertz CT molecular complexity index is 506. The number of aliphatic hydroxyl groups is 1. The maximum Gasteiger partial charge on any atom is 0.416 e. The van der Waals surface area contributed by atoms with E-state index in [1.807, 2.05) is 0 Å². The van der Waals surface area contributed by atoms with Gasteiger partial charge in [-0.05, 0) is 39.0 Å². The molecule has 0 heterocycles. The fraction of sp³-hybridized carbons (Fsp3) is 0.533. The molecule has 0 aromatic heterocycles. The number of hydrogen-bond donors (Lipinski definition) is 1. The first kappa shape index (κ1) is 18.3. The van der Waals surface area contributed by atoms with Crippen LogP contribution in [0.4, 0.5) is 13.2 Å². The SMILES string of the molecule is CC(C)(C)C(=O)OC[C@@H](O)COc1cccc(C(F)(F)F)c1. The molecule has 124 valence electrons. The van der Waals surface area contributed by atoms with Crippen LogP contribution >= 0.6 is 0 Å². The Kier molecular flexibility index (Phi) is 5.82. The first-order valence-corrected chi connectivity index (χ1v) is 6.65. The van der Waals surface area contributed by atoms with Crippen LogP contribution in [0.5, 0.6) is 5.75 Å². The highest BCUT2D eigenvalue weighted by Gasteiger charge is 2.30. The molecule has 1 N–H and O–H groups in total. The zero-order chi connectivity index (χ0) is 17.0. The Morgan fingerprint density at radius 2 is 1.86 bits per heavy atom. The fourth-order valence-electron chi connectivity index (χ4n) is 1.39. The smallest absolute Gasteiger partial charge is 0.416 e. The molecule has 0 radical (unpaired) electrons. The van der Waals surface area contributed by atoms with Crippen molar-refractivity contribution in [2.75, 3.05) is 13.2 Å². The molecule has 0 spiro atoms. The lowest BCUT2D eigenvalue weighted by molar-refractivity contribution is -0.156. The van der Waals surface area contributed by atoms with Crippen molar-refractivity contribution < 1.29 is 32.5 Å². The van der Waals surface area contributed by atoms with Gasteiger partial charge in [-0.15, -0.1) is 0 Å². The lowest BCUT2D eigenvalue weighted by atomic mass is 9.97. The second-order valence-corrected chi connectivity index (χ2v) is 5.84. The van der Waals surface area contributed by atoms with E-state index in [1.54, 1.807) is 20.8 Å². The van der Waals surface area contributed by atoms with Gasteiger partial charge in [0.15, 0.2) is 0 Å². The van der Waals surface area contributed by atoms with Crippen molar-refractivity contribution in [1.82, 2.24) is 0 Å². The number of benzene rings is 1. The van der Waals surface area contributed by atoms with E-state index in [0.717, 1.165) is 12.1 Å². The number of rotatable bonds is 5. The van der Waals surface area contributed by atoms with E-state index in [1.165, 1.54) is 12.1 Å². The third-order valence-corrected chi connectivity index (χ3v) is 2.62. The zero-order valence-electron chi connectivity index (χ0n) is 12.6. The molecule has 4 nitrogen and oxygen atoms in total. The summed E-state index contributed by atoms with van der Waals surface area (Å²) >= 11 is 0. The molecule has 0 saturated heterocycles. The number of aliphatic hydroxyl groups excluding tert-OH is 1. The second kappa shape index (κ2) is 7.00. The van der Waals surface area contributed by atoms with Crippen LogP contribution in [0.25, 0.3) is 0 Å². The third kappa shape index (κ3) is 5.93. The summed E-state index contributed by atoms with van der Waals surface area (Å²) in [7, 11) is 0. The van der Waals surface area contributed by atoms with E-state index in [4.69, 9.17) is 9.47 Å². The Labute approximate surface area is 126 Å². The molecule has 22 heavy (non-hydrogen) atoms. The maximum absolute atomic E-state index is 12.5. The molecule has 0 amide bonds. The number of carbonyl (C=O) groups excluding carboxylic acids is 1. The number of ether oxygens (including phenoxy) is 2. The maximum atomic E-state index is 12.5. The van der Waals surface area contributed by atoms with Crippen LogP contribution in [0.1, 0.15) is 26.3 Å². The van der Waals surface area contributed by atoms with Gasteiger partial charge in [-0.1, -0.05) is 6.07 Å². The second-order valence-electron chi connectivity index (χ2n) is 5.84. The summed E-state index contributed by atoms with van der Waals surface area (Å²) in [6.45, 7) is 4.44. The molecule has 0 unspecified atom stereocenters. The van der Waals surface area contributed by atoms with E-state index < -0.39 is 29.2 Å². The minimum atomic E-state index is -4.46. The molecule has 1 aromatic carbocycles. The van der Waals surface area contributed by atoms with Gasteiger partial charge >= 0.3 is 12.1 Å². The van der Waals surface area contributed by atoms with Crippen molar-refractivity contribution in [2.24, 2.45) is 5.41 Å². The largest absolute Gasteiger partial charge is 0.491 e. The van der Waals surface area contributed by atoms with Crippen LogP contribution in [-0.4, -0.2) is 30.4 Å². The Hall–Kier alpha value is -1.76. The van der Waals surface area contributed by atoms with E-state index >= 15 is 0 Å². The zero-order valence-corrected chi connectivity index (χ0v) is 12.6. The highest BCUT2D eigenvalue weighted by Crippen LogP contribution is 2.31. The summed E-state index contributed by atoms with van der Waals surface area (Å²) in [5.74, 6) is -0.498. The average Bonchev–Trinajstić information content (AvgIpc) is 2.40. The summed E-state index contributed by atoms with van der Waals surface area (Å²) in [5.41, 5.74) is -1.53. The number of alkyl halides is 3. The number of carbonyl (C=O) groups is 1. The van der Waals surface area contributed by atoms with Crippen molar-refractivity contribution in [2.45, 2.75) is 33.1 Å². The lowest BCUT2D eigenvalue weighted by Gasteiger charge is -2.19. The topological polar surface area (TPSA) is 55.8 Å². The molecule has 7 heteroatoms. The van der Waals surface area contributed by atoms with E-state index in [9.17, 15) is 23.1 Å². The molecular weight excluding hydrogens is 301 g/mol. The Morgan fingerprint density at radius 1 is 1.23 bits per heavy atom. The van der Waals surface area contributed by atoms with Gasteiger partial charge < -0.3 is 14.6 Å². The summed E-state index contributed by atoms with van der Waals surface area (Å²) in [6, 6.07) is 4.33. The summed E-state index contributed by atoms with van der Waals surface area (Å²) in [4.78, 5) is 11.5. The third-order valence-electron chi connectivity index (χ3n) is 2.62. The van der Waals surface area contributed by atoms with Crippen LogP contribution in [0.3, 0.4) is 0 Å². The van der Waals surface area contributed by atoms with Gasteiger partial charge in [0.25, 0.3) is 0 Å². The Morgan fingerprint density at radius 3 is 2.41 bits per heavy atom. The summed E-state index contributed by atoms with van der Waals surface area (Å²) < 4.78 is 47.5. The predicted octanol–water partition coefficient (Wildman–Crippen LogP) is 3.03. The molecule has 0 aliphatic heterocycles. The fourth-order valence-corrected chi connectivity index (χ4v) is 1.39. The van der Waals surface area contributed by atoms with Gasteiger partial charge in [0.2, 0.25) is 0 Å². The molecule has 0 bridgehead atoms. The number of halogens is 3. The van der Waals surface area contributed by atoms with Gasteiger partial charge in [0, 0.05) is 0 Å². The van der Waals surface area contributed by atoms with Crippen molar-refractivity contribution in [3.63, 3.8) is 0 Å². The van der Waals surface area contributed by atoms with E-state index in [0.29, 0.717) is 0 Å². The predicted molar refractivity (Wildman–Crippen MR) is 73.4 cm³/mol. The standard InChI is InChI=1S/C15H19F3O4/c1-14(2,3)13(20)22-9-11(19)8-21-12-6-4-5-10(7-12)15(16,17)18/h4-7,11,19H,8-9H2,1-3H3/t11-/m0/s1. The molecule has 0 fully saturated rings. The first-order chi connectivity index (χ1) is 10.00. The Balaban J connectivity index is 2.48. The lowest BCUT2D eigenvalue weighted by Crippen LogP contribution is -2.30. The van der Waals surface area contributed by atoms with Crippen LogP contribution in [-0.2, 0) is 15.7 Å². The van der Waals surface area contributed by atoms with Crippen molar-refractivity contribution >= 4 is 5.97 Å². The molecule has 1 aromatic rings. The summed E-state index contributed by atoms with van der Waals surface area (Å²) in [6.07, 6.45) is -5.58. The quantitative estimate of drug-likeness (QED) is 0.847. The minimum absolute atomic E-state index is 0.0176. The van der Waals surface area contributed by atoms with Crippen LogP contribution < -0.4 is 4.74 Å². The van der Waals surface area contributed by atoms with Crippen LogP contribution in [0.15, 0.2) is 24.3 Å². The van der Waals surface area contributed by atoms with Gasteiger partial charge in [-0.3, -0.25) is 4.79 Å². The van der Waals surface area contributed by atoms with Gasteiger partial charge in [0.1, 0.15) is 25.1 Å². The van der Waals surface area contributed by atoms with Gasteiger partial charge in [-0.25, -0.2) is 0 Å². The van der Waals surface area contributed by atoms with Crippen molar-refractivity contribution in [3.05, 3.63) is 29.8 Å². The first-order valence-electron chi connectivity index (χ1n) is 6.65. The molecule has 1 atom stereocenters. The van der Waals surface area contributed by atoms with Crippen LogP contribution in [0, 0.1) is 5.41 Å². The van der Waals surface area contributed by atoms with Gasteiger partial charge in [-0.2, -0.15) is 13.2 Å². The number of esters is 1. The molecule has 0 aliphatic rings. The van der Waals surface area contributed by atoms with E-state index in [-0.39, 0.29) is 19.0 Å². The molecular formula is C15H19F3O4. The van der Waals surface area contributed by atoms with Crippen molar-refractivity contribution in [1.29, 1.82) is 0 Å². The minimum Gasteiger partial charge on any atom is -0.491 e. The highest BCUT2D eigenvalue weighted by atomic mass is 19.4. The summed E-state index contributed by atoms with van der Waals surface area (Å²) in [5, 5.41) is 9.63. The van der Waals surface area contributed by atoms with Crippen LogP contribution in [0.2, 0.25) is 0 Å². The normalized spacial score (nSPS) is 13.6. The molecule has 0 aliphatic carbocycles. The average molecular weight is 320 g/mol. The highest BCUT2D eigenvalue weighted by molar-refractivity contribution is 5.75. The monoisotopic (exact) mass is 320 g/mol. The molecule has 1 rings (SSSR count). The van der Waals surface area contributed by atoms with Gasteiger partial charge in [0.05, 0.1) is 11.0 Å². The van der Waals surface area contributed by atoms with E-state index in [2.05, 4.69) is 0 Å². The molecule has 0 saturated carbocycles.